The van der Waals surface area contributed by atoms with Gasteiger partial charge in [-0.2, -0.15) is 26.8 Å². The minimum absolute atomic E-state index is 0.0300. The molecule has 0 aliphatic carbocycles. The third-order valence-electron chi connectivity index (χ3n) is 4.15. The first kappa shape index (κ1) is 21.0. The Bertz CT molecular complexity index is 1300. The van der Waals surface area contributed by atoms with E-state index in [1.54, 1.807) is 0 Å². The normalized spacial score (nSPS) is 12.4. The van der Waals surface area contributed by atoms with Crippen LogP contribution in [0.25, 0.3) is 10.8 Å². The highest BCUT2D eigenvalue weighted by Crippen LogP contribution is 2.28. The Morgan fingerprint density at radius 2 is 1.52 bits per heavy atom. The quantitative estimate of drug-likeness (QED) is 0.480. The maximum atomic E-state index is 11.7. The molecule has 0 atom stereocenters. The molecule has 0 fully saturated rings. The predicted molar refractivity (Wildman–Crippen MR) is 105 cm³/mol. The second-order valence-electron chi connectivity index (χ2n) is 6.37. The lowest BCUT2D eigenvalue weighted by molar-refractivity contribution is 0.481. The fraction of sp³-hybridized carbons (Fsp3) is 0.235. The Hall–Kier alpha value is -2.67. The number of anilines is 1. The van der Waals surface area contributed by atoms with Gasteiger partial charge in [0.15, 0.2) is 0 Å². The van der Waals surface area contributed by atoms with E-state index < -0.39 is 30.0 Å². The molecule has 2 aromatic carbocycles. The van der Waals surface area contributed by atoms with Gasteiger partial charge in [0.2, 0.25) is 5.95 Å². The van der Waals surface area contributed by atoms with Crippen molar-refractivity contribution in [3.05, 3.63) is 47.5 Å². The molecule has 0 saturated carbocycles. The van der Waals surface area contributed by atoms with Gasteiger partial charge in [-0.3, -0.25) is 9.11 Å². The summed E-state index contributed by atoms with van der Waals surface area (Å²) in [6.07, 6.45) is 1.44. The second kappa shape index (κ2) is 7.63. The van der Waals surface area contributed by atoms with E-state index in [0.29, 0.717) is 29.0 Å². The van der Waals surface area contributed by atoms with Gasteiger partial charge in [0.25, 0.3) is 20.2 Å². The molecule has 4 N–H and O–H groups in total. The lowest BCUT2D eigenvalue weighted by Gasteiger charge is -2.11. The lowest BCUT2D eigenvalue weighted by Crippen LogP contribution is -2.09. The van der Waals surface area contributed by atoms with Crippen LogP contribution in [0.4, 0.5) is 5.95 Å². The predicted octanol–water partition coefficient (Wildman–Crippen LogP) is 1.64. The number of benzene rings is 2. The van der Waals surface area contributed by atoms with Crippen LogP contribution in [0.15, 0.2) is 40.1 Å². The zero-order valence-corrected chi connectivity index (χ0v) is 16.9. The molecule has 3 aromatic rings. The third-order valence-corrected chi connectivity index (χ3v) is 5.83. The fourth-order valence-electron chi connectivity index (χ4n) is 2.93. The molecular weight excluding hydrogens is 420 g/mol. The number of nitrogens with zero attached hydrogens (tertiary/aromatic N) is 3. The first-order valence-electron chi connectivity index (χ1n) is 8.48. The van der Waals surface area contributed by atoms with Crippen LogP contribution in [-0.4, -0.2) is 40.9 Å². The van der Waals surface area contributed by atoms with E-state index in [9.17, 15) is 25.9 Å². The van der Waals surface area contributed by atoms with Gasteiger partial charge in [-0.1, -0.05) is 13.0 Å². The van der Waals surface area contributed by atoms with Crippen molar-refractivity contribution in [1.29, 1.82) is 0 Å². The Morgan fingerprint density at radius 1 is 0.897 bits per heavy atom. The van der Waals surface area contributed by atoms with Crippen LogP contribution in [0, 0.1) is 0 Å². The summed E-state index contributed by atoms with van der Waals surface area (Å²) in [5.41, 5.74) is 6.15. The van der Waals surface area contributed by atoms with E-state index in [1.807, 2.05) is 6.92 Å². The standard InChI is InChI=1S/C17H18N4O6S2/c1-2-3-15-19-16(21-17(18)20-15)9-11-8-13(29(25,26)27)7-10-6-12(28(22,23)24)4-5-14(10)11/h4-8H,2-3,9H2,1H3,(H,22,23,24)(H,25,26,27)(H2,18,19,20,21). The fourth-order valence-corrected chi connectivity index (χ4v) is 4.01. The monoisotopic (exact) mass is 438 g/mol. The summed E-state index contributed by atoms with van der Waals surface area (Å²) in [6, 6.07) is 6.11. The maximum Gasteiger partial charge on any atom is 0.294 e. The van der Waals surface area contributed by atoms with E-state index in [4.69, 9.17) is 5.73 Å². The number of nitrogens with two attached hydrogens (primary N) is 1. The summed E-state index contributed by atoms with van der Waals surface area (Å²) in [5.74, 6) is 0.829. The Morgan fingerprint density at radius 3 is 2.14 bits per heavy atom. The minimum Gasteiger partial charge on any atom is -0.368 e. The van der Waals surface area contributed by atoms with Gasteiger partial charge in [-0.15, -0.1) is 0 Å². The molecule has 154 valence electrons. The van der Waals surface area contributed by atoms with Crippen LogP contribution in [0.3, 0.4) is 0 Å². The Labute approximate surface area is 167 Å². The molecule has 0 aliphatic rings. The lowest BCUT2D eigenvalue weighted by atomic mass is 10.0. The van der Waals surface area contributed by atoms with E-state index >= 15 is 0 Å². The molecule has 0 saturated heterocycles. The minimum atomic E-state index is -4.57. The Kier molecular flexibility index (Phi) is 5.54. The molecule has 3 rings (SSSR count). The van der Waals surface area contributed by atoms with Gasteiger partial charge in [-0.25, -0.2) is 4.98 Å². The average molecular weight is 438 g/mol. The number of rotatable bonds is 6. The van der Waals surface area contributed by atoms with Crippen molar-refractivity contribution in [3.8, 4) is 0 Å². The molecule has 0 unspecified atom stereocenters. The van der Waals surface area contributed by atoms with Crippen LogP contribution >= 0.6 is 0 Å². The van der Waals surface area contributed by atoms with Gasteiger partial charge in [0.05, 0.1) is 9.79 Å². The molecule has 1 aromatic heterocycles. The van der Waals surface area contributed by atoms with Crippen LogP contribution in [0.2, 0.25) is 0 Å². The second-order valence-corrected chi connectivity index (χ2v) is 9.21. The highest BCUT2D eigenvalue weighted by atomic mass is 32.2. The Balaban J connectivity index is 2.21. The first-order valence-corrected chi connectivity index (χ1v) is 11.4. The molecule has 0 radical (unpaired) electrons. The van der Waals surface area contributed by atoms with Crippen LogP contribution in [-0.2, 0) is 33.1 Å². The summed E-state index contributed by atoms with van der Waals surface area (Å²) in [7, 11) is -9.07. The van der Waals surface area contributed by atoms with Gasteiger partial charge in [0.1, 0.15) is 11.6 Å². The molecule has 10 nitrogen and oxygen atoms in total. The number of fused-ring (bicyclic) bond motifs is 1. The van der Waals surface area contributed by atoms with Crippen molar-refractivity contribution in [2.45, 2.75) is 36.0 Å². The number of nitrogen functional groups attached to an aromatic ring is 1. The highest BCUT2D eigenvalue weighted by molar-refractivity contribution is 7.86. The maximum absolute atomic E-state index is 11.7. The van der Waals surface area contributed by atoms with Crippen molar-refractivity contribution in [2.75, 3.05) is 5.73 Å². The molecule has 12 heteroatoms. The van der Waals surface area contributed by atoms with Crippen molar-refractivity contribution in [1.82, 2.24) is 15.0 Å². The molecule has 0 amide bonds. The summed E-state index contributed by atoms with van der Waals surface area (Å²) in [4.78, 5) is 11.6. The largest absolute Gasteiger partial charge is 0.368 e. The smallest absolute Gasteiger partial charge is 0.294 e. The molecule has 29 heavy (non-hydrogen) atoms. The number of aryl methyl sites for hydroxylation is 1. The van der Waals surface area contributed by atoms with Gasteiger partial charge < -0.3 is 5.73 Å². The van der Waals surface area contributed by atoms with Crippen LogP contribution < -0.4 is 5.73 Å². The van der Waals surface area contributed by atoms with E-state index in [2.05, 4.69) is 15.0 Å². The zero-order valence-electron chi connectivity index (χ0n) is 15.3. The van der Waals surface area contributed by atoms with Crippen molar-refractivity contribution in [3.63, 3.8) is 0 Å². The molecule has 0 bridgehead atoms. The summed E-state index contributed by atoms with van der Waals surface area (Å²) >= 11 is 0. The van der Waals surface area contributed by atoms with E-state index in [1.165, 1.54) is 18.2 Å². The molecule has 1 heterocycles. The van der Waals surface area contributed by atoms with E-state index in [0.717, 1.165) is 18.6 Å². The third kappa shape index (κ3) is 4.85. The van der Waals surface area contributed by atoms with E-state index in [-0.39, 0.29) is 17.8 Å². The number of hydrogen-bond donors (Lipinski definition) is 3. The highest BCUT2D eigenvalue weighted by Gasteiger charge is 2.17. The molecule has 0 spiro atoms. The van der Waals surface area contributed by atoms with Crippen molar-refractivity contribution < 1.29 is 25.9 Å². The van der Waals surface area contributed by atoms with Crippen molar-refractivity contribution in [2.24, 2.45) is 0 Å². The number of hydrogen-bond acceptors (Lipinski definition) is 8. The van der Waals surface area contributed by atoms with Crippen LogP contribution in [0.1, 0.15) is 30.6 Å². The SMILES string of the molecule is CCCc1nc(N)nc(Cc2cc(S(=O)(=O)O)cc3cc(S(=O)(=O)O)ccc23)n1. The first-order chi connectivity index (χ1) is 13.5. The summed E-state index contributed by atoms with van der Waals surface area (Å²) < 4.78 is 64.9. The topological polar surface area (TPSA) is 173 Å². The zero-order chi connectivity index (χ0) is 21.4. The number of aromatic nitrogens is 3. The van der Waals surface area contributed by atoms with Gasteiger partial charge in [0, 0.05) is 12.8 Å². The molecule has 0 aliphatic heterocycles. The summed E-state index contributed by atoms with van der Waals surface area (Å²) in [6.45, 7) is 1.95. The average Bonchev–Trinajstić information content (AvgIpc) is 2.59. The summed E-state index contributed by atoms with van der Waals surface area (Å²) in [5, 5.41) is 0.696. The van der Waals surface area contributed by atoms with Crippen molar-refractivity contribution >= 4 is 37.0 Å². The molecular formula is C17H18N4O6S2. The van der Waals surface area contributed by atoms with Gasteiger partial charge >= 0.3 is 0 Å². The van der Waals surface area contributed by atoms with Crippen LogP contribution in [0.5, 0.6) is 0 Å². The van der Waals surface area contributed by atoms with Gasteiger partial charge in [-0.05, 0) is 47.0 Å².